The van der Waals surface area contributed by atoms with Crippen LogP contribution in [0.2, 0.25) is 5.02 Å². The molecule has 1 aliphatic heterocycles. The Morgan fingerprint density at radius 1 is 1.28 bits per heavy atom. The largest absolute Gasteiger partial charge is 0.468 e. The number of aryl methyl sites for hydroxylation is 1. The van der Waals surface area contributed by atoms with E-state index in [4.69, 9.17) is 21.1 Å². The van der Waals surface area contributed by atoms with E-state index in [0.29, 0.717) is 47.5 Å². The maximum absolute atomic E-state index is 13.5. The van der Waals surface area contributed by atoms with E-state index in [1.165, 1.54) is 23.0 Å². The number of carbonyl (C=O) groups is 2. The van der Waals surface area contributed by atoms with E-state index in [0.717, 1.165) is 12.8 Å². The van der Waals surface area contributed by atoms with Crippen LogP contribution in [0.25, 0.3) is 5.82 Å². The minimum absolute atomic E-state index is 0.110. The number of amides is 2. The van der Waals surface area contributed by atoms with Crippen molar-refractivity contribution in [1.29, 1.82) is 5.26 Å². The van der Waals surface area contributed by atoms with Crippen LogP contribution in [0.5, 0.6) is 5.88 Å². The number of ether oxygens (including phenoxy) is 2. The zero-order chi connectivity index (χ0) is 25.2. The van der Waals surface area contributed by atoms with Gasteiger partial charge < -0.3 is 20.1 Å². The lowest BCUT2D eigenvalue weighted by Gasteiger charge is -2.25. The molecule has 0 atom stereocenters. The van der Waals surface area contributed by atoms with Crippen molar-refractivity contribution >= 4 is 29.1 Å². The van der Waals surface area contributed by atoms with Crippen LogP contribution in [0.4, 0.5) is 5.69 Å². The highest BCUT2D eigenvalue weighted by Crippen LogP contribution is 2.29. The number of benzene rings is 1. The highest BCUT2D eigenvalue weighted by atomic mass is 35.5. The van der Waals surface area contributed by atoms with Crippen LogP contribution in [-0.4, -0.2) is 52.4 Å². The zero-order valence-electron chi connectivity index (χ0n) is 19.5. The SMILES string of the molecule is Cc1cc(C#N)cc(C(=O)NCC2CC2)c1NC(=O)c1cc(OC2COC2)nn1-c1ncccc1Cl. The van der Waals surface area contributed by atoms with Crippen LogP contribution in [-0.2, 0) is 4.74 Å². The number of pyridine rings is 1. The first-order valence-electron chi connectivity index (χ1n) is 11.5. The van der Waals surface area contributed by atoms with Gasteiger partial charge in [-0.2, -0.15) is 5.26 Å². The summed E-state index contributed by atoms with van der Waals surface area (Å²) >= 11 is 6.34. The van der Waals surface area contributed by atoms with Crippen molar-refractivity contribution in [3.05, 3.63) is 63.9 Å². The van der Waals surface area contributed by atoms with Gasteiger partial charge in [0.1, 0.15) is 11.8 Å². The Bertz CT molecular complexity index is 1370. The van der Waals surface area contributed by atoms with Crippen LogP contribution in [0.1, 0.15) is 44.8 Å². The van der Waals surface area contributed by atoms with Crippen molar-refractivity contribution in [3.8, 4) is 17.8 Å². The summed E-state index contributed by atoms with van der Waals surface area (Å²) in [5.41, 5.74) is 1.53. The Balaban J connectivity index is 1.49. The predicted molar refractivity (Wildman–Crippen MR) is 131 cm³/mol. The summed E-state index contributed by atoms with van der Waals surface area (Å²) in [6, 6.07) is 9.96. The molecule has 1 saturated carbocycles. The Morgan fingerprint density at radius 3 is 2.75 bits per heavy atom. The van der Waals surface area contributed by atoms with Gasteiger partial charge >= 0.3 is 0 Å². The maximum Gasteiger partial charge on any atom is 0.274 e. The summed E-state index contributed by atoms with van der Waals surface area (Å²) in [5, 5.41) is 19.8. The van der Waals surface area contributed by atoms with Gasteiger partial charge in [-0.3, -0.25) is 9.59 Å². The fourth-order valence-electron chi connectivity index (χ4n) is 3.75. The molecule has 10 nitrogen and oxygen atoms in total. The Morgan fingerprint density at radius 2 is 2.08 bits per heavy atom. The van der Waals surface area contributed by atoms with E-state index in [-0.39, 0.29) is 35.0 Å². The van der Waals surface area contributed by atoms with E-state index in [1.54, 1.807) is 25.1 Å². The number of nitrogens with zero attached hydrogens (tertiary/aromatic N) is 4. The predicted octanol–water partition coefficient (Wildman–Crippen LogP) is 3.27. The summed E-state index contributed by atoms with van der Waals surface area (Å²) in [6.45, 7) is 3.15. The van der Waals surface area contributed by atoms with Crippen molar-refractivity contribution in [2.24, 2.45) is 5.92 Å². The van der Waals surface area contributed by atoms with Crippen molar-refractivity contribution in [1.82, 2.24) is 20.1 Å². The molecule has 2 amide bonds. The lowest BCUT2D eigenvalue weighted by molar-refractivity contribution is -0.0814. The average molecular weight is 507 g/mol. The number of anilines is 1. The molecule has 2 aromatic heterocycles. The molecule has 3 aromatic rings. The number of hydrogen-bond acceptors (Lipinski definition) is 7. The molecule has 3 heterocycles. The molecular weight excluding hydrogens is 484 g/mol. The first-order chi connectivity index (χ1) is 17.4. The highest BCUT2D eigenvalue weighted by Gasteiger charge is 2.27. The van der Waals surface area contributed by atoms with Crippen LogP contribution in [0.3, 0.4) is 0 Å². The minimum atomic E-state index is -0.548. The maximum atomic E-state index is 13.5. The van der Waals surface area contributed by atoms with E-state index in [9.17, 15) is 14.9 Å². The number of carbonyl (C=O) groups excluding carboxylic acids is 2. The molecule has 0 radical (unpaired) electrons. The van der Waals surface area contributed by atoms with Crippen LogP contribution >= 0.6 is 11.6 Å². The molecule has 2 fully saturated rings. The summed E-state index contributed by atoms with van der Waals surface area (Å²) in [6.07, 6.45) is 3.54. The molecular formula is C25H23ClN6O4. The second kappa shape index (κ2) is 9.97. The number of aromatic nitrogens is 3. The van der Waals surface area contributed by atoms with Crippen molar-refractivity contribution in [3.63, 3.8) is 0 Å². The van der Waals surface area contributed by atoms with Gasteiger partial charge in [0.05, 0.1) is 41.1 Å². The molecule has 11 heteroatoms. The summed E-state index contributed by atoms with van der Waals surface area (Å²) in [5.74, 6) is 0.0435. The van der Waals surface area contributed by atoms with Crippen LogP contribution in [0.15, 0.2) is 36.5 Å². The average Bonchev–Trinajstić information content (AvgIpc) is 3.58. The van der Waals surface area contributed by atoms with Gasteiger partial charge in [0.25, 0.3) is 11.8 Å². The van der Waals surface area contributed by atoms with Crippen LogP contribution in [0, 0.1) is 24.2 Å². The van der Waals surface area contributed by atoms with Crippen molar-refractivity contribution in [2.75, 3.05) is 25.1 Å². The molecule has 0 spiro atoms. The first kappa shape index (κ1) is 23.8. The molecule has 0 unspecified atom stereocenters. The molecule has 1 saturated heterocycles. The standard InChI is InChI=1S/C25H23ClN6O4/c1-14-7-16(10-27)8-18(24(33)29-11-15-4-5-15)22(14)30-25(34)20-9-21(36-17-12-35-13-17)31-32(20)23-19(26)3-2-6-28-23/h2-3,6-9,15,17H,4-5,11-13H2,1H3,(H,29,33)(H,30,34). The third kappa shape index (κ3) is 5.03. The summed E-state index contributed by atoms with van der Waals surface area (Å²) < 4.78 is 12.3. The minimum Gasteiger partial charge on any atom is -0.468 e. The smallest absolute Gasteiger partial charge is 0.274 e. The van der Waals surface area contributed by atoms with Gasteiger partial charge in [-0.05, 0) is 55.5 Å². The molecule has 0 bridgehead atoms. The molecule has 2 aliphatic rings. The van der Waals surface area contributed by atoms with E-state index < -0.39 is 5.91 Å². The normalized spacial score (nSPS) is 15.0. The number of nitrogens with one attached hydrogen (secondary N) is 2. The lowest BCUT2D eigenvalue weighted by Crippen LogP contribution is -2.38. The Labute approximate surface area is 212 Å². The van der Waals surface area contributed by atoms with E-state index in [1.807, 2.05) is 0 Å². The topological polar surface area (TPSA) is 131 Å². The van der Waals surface area contributed by atoms with E-state index >= 15 is 0 Å². The number of rotatable bonds is 8. The van der Waals surface area contributed by atoms with Crippen molar-refractivity contribution < 1.29 is 19.1 Å². The van der Waals surface area contributed by atoms with Gasteiger partial charge in [0, 0.05) is 18.8 Å². The fraction of sp³-hybridized carbons (Fsp3) is 0.320. The van der Waals surface area contributed by atoms with Gasteiger partial charge in [-0.15, -0.1) is 5.10 Å². The third-order valence-corrected chi connectivity index (χ3v) is 6.25. The first-order valence-corrected chi connectivity index (χ1v) is 11.9. The number of halogens is 1. The van der Waals surface area contributed by atoms with Gasteiger partial charge in [-0.25, -0.2) is 9.67 Å². The van der Waals surface area contributed by atoms with Crippen molar-refractivity contribution in [2.45, 2.75) is 25.9 Å². The zero-order valence-corrected chi connectivity index (χ0v) is 20.2. The molecule has 1 aromatic carbocycles. The fourth-order valence-corrected chi connectivity index (χ4v) is 3.96. The Hall–Kier alpha value is -3.94. The summed E-state index contributed by atoms with van der Waals surface area (Å²) in [4.78, 5) is 30.8. The summed E-state index contributed by atoms with van der Waals surface area (Å²) in [7, 11) is 0. The monoisotopic (exact) mass is 506 g/mol. The molecule has 184 valence electrons. The second-order valence-corrected chi connectivity index (χ2v) is 9.21. The quantitative estimate of drug-likeness (QED) is 0.479. The van der Waals surface area contributed by atoms with Gasteiger partial charge in [-0.1, -0.05) is 11.6 Å². The van der Waals surface area contributed by atoms with Gasteiger partial charge in [0.2, 0.25) is 5.88 Å². The van der Waals surface area contributed by atoms with E-state index in [2.05, 4.69) is 26.8 Å². The Kier molecular flexibility index (Phi) is 6.59. The third-order valence-electron chi connectivity index (χ3n) is 5.95. The lowest BCUT2D eigenvalue weighted by atomic mass is 10.0. The number of nitriles is 1. The highest BCUT2D eigenvalue weighted by molar-refractivity contribution is 6.32. The number of hydrogen-bond donors (Lipinski definition) is 2. The van der Waals surface area contributed by atoms with Gasteiger partial charge in [0.15, 0.2) is 5.82 Å². The molecule has 5 rings (SSSR count). The van der Waals surface area contributed by atoms with Crippen LogP contribution < -0.4 is 15.4 Å². The molecule has 2 N–H and O–H groups in total. The molecule has 36 heavy (non-hydrogen) atoms. The second-order valence-electron chi connectivity index (χ2n) is 8.80. The molecule has 1 aliphatic carbocycles.